The van der Waals surface area contributed by atoms with Gasteiger partial charge in [0.15, 0.2) is 0 Å². The number of nitrogens with zero attached hydrogens (tertiary/aromatic N) is 2. The molecule has 6 nitrogen and oxygen atoms in total. The fraction of sp³-hybridized carbons (Fsp3) is 0.867. The molecular weight excluding hydrogens is 270 g/mol. The number of carbonyl (C=O) groups is 2. The topological polar surface area (TPSA) is 72.9 Å². The van der Waals surface area contributed by atoms with E-state index in [4.69, 9.17) is 0 Å². The van der Waals surface area contributed by atoms with Crippen LogP contribution in [0.1, 0.15) is 38.5 Å². The van der Waals surface area contributed by atoms with Crippen molar-refractivity contribution in [3.05, 3.63) is 0 Å². The van der Waals surface area contributed by atoms with Gasteiger partial charge in [-0.15, -0.1) is 0 Å². The molecule has 21 heavy (non-hydrogen) atoms. The van der Waals surface area contributed by atoms with E-state index in [0.717, 1.165) is 32.4 Å². The summed E-state index contributed by atoms with van der Waals surface area (Å²) in [6, 6.07) is 0.781. The smallest absolute Gasteiger partial charge is 0.318 e. The molecule has 5 atom stereocenters. The maximum Gasteiger partial charge on any atom is 0.318 e. The van der Waals surface area contributed by atoms with Crippen LogP contribution in [-0.2, 0) is 4.79 Å². The Labute approximate surface area is 124 Å². The molecule has 4 aliphatic rings. The molecule has 4 fully saturated rings. The lowest BCUT2D eigenvalue weighted by atomic mass is 9.89. The second-order valence-electron chi connectivity index (χ2n) is 6.98. The van der Waals surface area contributed by atoms with Crippen molar-refractivity contribution in [2.45, 2.75) is 62.7 Å². The van der Waals surface area contributed by atoms with Gasteiger partial charge in [-0.3, -0.25) is 9.69 Å². The van der Waals surface area contributed by atoms with Crippen LogP contribution in [0.4, 0.5) is 4.79 Å². The minimum absolute atomic E-state index is 0.0231. The fourth-order valence-electron chi connectivity index (χ4n) is 5.05. The number of amides is 2. The van der Waals surface area contributed by atoms with Gasteiger partial charge in [0.25, 0.3) is 0 Å². The molecule has 0 aromatic rings. The van der Waals surface area contributed by atoms with E-state index in [-0.39, 0.29) is 30.1 Å². The molecule has 2 N–H and O–H groups in total. The van der Waals surface area contributed by atoms with Gasteiger partial charge < -0.3 is 15.3 Å². The Morgan fingerprint density at radius 3 is 2.67 bits per heavy atom. The molecule has 6 heteroatoms. The van der Waals surface area contributed by atoms with Gasteiger partial charge in [-0.25, -0.2) is 4.79 Å². The first-order valence-electron chi connectivity index (χ1n) is 8.21. The SMILES string of the molecule is O=C(O)C1CC2CCC1N2C(=O)NC1CCN2CCCC12. The zero-order valence-corrected chi connectivity index (χ0v) is 12.2. The third kappa shape index (κ3) is 2.03. The second-order valence-corrected chi connectivity index (χ2v) is 6.98. The highest BCUT2D eigenvalue weighted by atomic mass is 16.4. The summed E-state index contributed by atoms with van der Waals surface area (Å²) in [5.41, 5.74) is 0. The van der Waals surface area contributed by atoms with E-state index in [2.05, 4.69) is 10.2 Å². The highest BCUT2D eigenvalue weighted by Crippen LogP contribution is 2.42. The highest BCUT2D eigenvalue weighted by molar-refractivity contribution is 5.79. The van der Waals surface area contributed by atoms with Gasteiger partial charge in [-0.1, -0.05) is 0 Å². The summed E-state index contributed by atoms with van der Waals surface area (Å²) in [6.07, 6.45) is 5.87. The number of carboxylic acids is 1. The van der Waals surface area contributed by atoms with Gasteiger partial charge >= 0.3 is 12.0 Å². The molecular formula is C15H23N3O3. The normalized spacial score (nSPS) is 41.5. The molecule has 4 rings (SSSR count). The van der Waals surface area contributed by atoms with E-state index in [1.807, 2.05) is 4.90 Å². The minimum atomic E-state index is -0.747. The molecule has 0 aromatic carbocycles. The average Bonchev–Trinajstić information content (AvgIpc) is 3.18. The lowest BCUT2D eigenvalue weighted by Crippen LogP contribution is -2.50. The lowest BCUT2D eigenvalue weighted by molar-refractivity contribution is -0.142. The van der Waals surface area contributed by atoms with Crippen LogP contribution in [-0.4, -0.2) is 64.2 Å². The quantitative estimate of drug-likeness (QED) is 0.792. The van der Waals surface area contributed by atoms with Gasteiger partial charge in [-0.2, -0.15) is 0 Å². The first kappa shape index (κ1) is 13.4. The highest BCUT2D eigenvalue weighted by Gasteiger charge is 2.52. The lowest BCUT2D eigenvalue weighted by Gasteiger charge is -2.28. The molecule has 2 bridgehead atoms. The zero-order valence-electron chi connectivity index (χ0n) is 12.2. The average molecular weight is 293 g/mol. The Hall–Kier alpha value is -1.30. The van der Waals surface area contributed by atoms with Crippen LogP contribution < -0.4 is 5.32 Å². The number of hydrogen-bond acceptors (Lipinski definition) is 3. The van der Waals surface area contributed by atoms with Crippen LogP contribution in [0.2, 0.25) is 0 Å². The Balaban J connectivity index is 1.43. The number of hydrogen-bond donors (Lipinski definition) is 2. The number of fused-ring (bicyclic) bond motifs is 3. The molecule has 0 aliphatic carbocycles. The molecule has 2 amide bonds. The number of carbonyl (C=O) groups excluding carboxylic acids is 1. The molecule has 5 unspecified atom stereocenters. The Kier molecular flexibility index (Phi) is 3.10. The van der Waals surface area contributed by atoms with Crippen molar-refractivity contribution >= 4 is 12.0 Å². The molecule has 0 spiro atoms. The van der Waals surface area contributed by atoms with Gasteiger partial charge in [0, 0.05) is 30.7 Å². The molecule has 0 radical (unpaired) electrons. The molecule has 116 valence electrons. The summed E-state index contributed by atoms with van der Waals surface area (Å²) in [5.74, 6) is -1.11. The zero-order chi connectivity index (χ0) is 14.6. The van der Waals surface area contributed by atoms with E-state index in [1.165, 1.54) is 12.8 Å². The summed E-state index contributed by atoms with van der Waals surface area (Å²) < 4.78 is 0. The van der Waals surface area contributed by atoms with Crippen molar-refractivity contribution in [1.29, 1.82) is 0 Å². The van der Waals surface area contributed by atoms with Crippen LogP contribution in [0.3, 0.4) is 0 Å². The van der Waals surface area contributed by atoms with Crippen molar-refractivity contribution in [3.63, 3.8) is 0 Å². The minimum Gasteiger partial charge on any atom is -0.481 e. The maximum absolute atomic E-state index is 12.6. The van der Waals surface area contributed by atoms with Crippen LogP contribution in [0.25, 0.3) is 0 Å². The van der Waals surface area contributed by atoms with Crippen molar-refractivity contribution in [3.8, 4) is 0 Å². The third-order valence-corrected chi connectivity index (χ3v) is 6.00. The van der Waals surface area contributed by atoms with Gasteiger partial charge in [0.2, 0.25) is 0 Å². The number of nitrogens with one attached hydrogen (secondary N) is 1. The monoisotopic (exact) mass is 293 g/mol. The number of aliphatic carboxylic acids is 1. The third-order valence-electron chi connectivity index (χ3n) is 6.00. The van der Waals surface area contributed by atoms with Gasteiger partial charge in [0.05, 0.1) is 5.92 Å². The number of rotatable bonds is 2. The van der Waals surface area contributed by atoms with Crippen molar-refractivity contribution in [2.75, 3.05) is 13.1 Å². The Morgan fingerprint density at radius 2 is 1.90 bits per heavy atom. The standard InChI is InChI=1S/C15H23N3O3/c19-14(20)10-8-9-3-4-12(10)18(9)15(21)16-11-5-7-17-6-1-2-13(11)17/h9-13H,1-8H2,(H,16,21)(H,19,20). The van der Waals surface area contributed by atoms with Crippen molar-refractivity contribution < 1.29 is 14.7 Å². The molecule has 0 saturated carbocycles. The van der Waals surface area contributed by atoms with Crippen LogP contribution in [0.15, 0.2) is 0 Å². The number of carboxylic acid groups (broad SMARTS) is 1. The molecule has 0 aromatic heterocycles. The summed E-state index contributed by atoms with van der Waals surface area (Å²) >= 11 is 0. The first-order chi connectivity index (χ1) is 10.1. The van der Waals surface area contributed by atoms with E-state index in [0.29, 0.717) is 12.5 Å². The van der Waals surface area contributed by atoms with Crippen molar-refractivity contribution in [2.24, 2.45) is 5.92 Å². The Bertz CT molecular complexity index is 469. The fourth-order valence-corrected chi connectivity index (χ4v) is 5.05. The summed E-state index contributed by atoms with van der Waals surface area (Å²) in [6.45, 7) is 2.24. The summed E-state index contributed by atoms with van der Waals surface area (Å²) in [4.78, 5) is 28.2. The van der Waals surface area contributed by atoms with Gasteiger partial charge in [0.1, 0.15) is 0 Å². The van der Waals surface area contributed by atoms with Crippen LogP contribution >= 0.6 is 0 Å². The molecule has 4 aliphatic heterocycles. The van der Waals surface area contributed by atoms with E-state index >= 15 is 0 Å². The van der Waals surface area contributed by atoms with E-state index in [9.17, 15) is 14.7 Å². The maximum atomic E-state index is 12.6. The van der Waals surface area contributed by atoms with Crippen LogP contribution in [0, 0.1) is 5.92 Å². The van der Waals surface area contributed by atoms with E-state index in [1.54, 1.807) is 0 Å². The summed E-state index contributed by atoms with van der Waals surface area (Å²) in [5, 5.41) is 12.5. The largest absolute Gasteiger partial charge is 0.481 e. The summed E-state index contributed by atoms with van der Waals surface area (Å²) in [7, 11) is 0. The number of urea groups is 1. The molecule has 4 saturated heterocycles. The Morgan fingerprint density at radius 1 is 1.05 bits per heavy atom. The predicted molar refractivity (Wildman–Crippen MR) is 75.9 cm³/mol. The van der Waals surface area contributed by atoms with E-state index < -0.39 is 5.97 Å². The van der Waals surface area contributed by atoms with Crippen molar-refractivity contribution in [1.82, 2.24) is 15.1 Å². The first-order valence-corrected chi connectivity index (χ1v) is 8.21. The van der Waals surface area contributed by atoms with Gasteiger partial charge in [-0.05, 0) is 45.1 Å². The molecule has 4 heterocycles. The predicted octanol–water partition coefficient (Wildman–Crippen LogP) is 0.870. The second kappa shape index (κ2) is 4.87. The van der Waals surface area contributed by atoms with Crippen LogP contribution in [0.5, 0.6) is 0 Å².